The van der Waals surface area contributed by atoms with Crippen LogP contribution in [0.2, 0.25) is 0 Å². The van der Waals surface area contributed by atoms with E-state index in [1.165, 1.54) is 6.26 Å². The zero-order valence-electron chi connectivity index (χ0n) is 12.3. The van der Waals surface area contributed by atoms with Gasteiger partial charge in [-0.1, -0.05) is 15.9 Å². The van der Waals surface area contributed by atoms with Crippen LogP contribution in [0, 0.1) is 0 Å². The second kappa shape index (κ2) is 6.71. The van der Waals surface area contributed by atoms with Gasteiger partial charge >= 0.3 is 5.97 Å². The summed E-state index contributed by atoms with van der Waals surface area (Å²) < 4.78 is 22.8. The van der Waals surface area contributed by atoms with E-state index in [9.17, 15) is 4.79 Å². The minimum absolute atomic E-state index is 0.119. The van der Waals surface area contributed by atoms with Crippen molar-refractivity contribution in [2.24, 2.45) is 0 Å². The minimum Gasteiger partial charge on any atom is -0.487 e. The van der Waals surface area contributed by atoms with Gasteiger partial charge in [-0.05, 0) is 31.9 Å². The summed E-state index contributed by atoms with van der Waals surface area (Å²) in [4.78, 5) is 12.0. The maximum absolute atomic E-state index is 12.0. The number of rotatable bonds is 5. The summed E-state index contributed by atoms with van der Waals surface area (Å²) in [5.74, 6) is 0.194. The zero-order valence-corrected chi connectivity index (χ0v) is 13.9. The molecular formula is C16H17BrO5. The number of hydrogen-bond donors (Lipinski definition) is 0. The number of carbonyl (C=O) groups excluding carboxylic acids is 1. The average molecular weight is 369 g/mol. The number of hydrogen-bond acceptors (Lipinski definition) is 5. The Morgan fingerprint density at radius 1 is 1.45 bits per heavy atom. The lowest BCUT2D eigenvalue weighted by Crippen LogP contribution is -2.16. The number of ether oxygens (including phenoxy) is 3. The van der Waals surface area contributed by atoms with Gasteiger partial charge in [0.25, 0.3) is 0 Å². The van der Waals surface area contributed by atoms with Crippen LogP contribution >= 0.6 is 15.9 Å². The van der Waals surface area contributed by atoms with E-state index in [-0.39, 0.29) is 6.10 Å². The maximum atomic E-state index is 12.0. The number of fused-ring (bicyclic) bond motifs is 1. The van der Waals surface area contributed by atoms with E-state index in [0.29, 0.717) is 35.5 Å². The fourth-order valence-corrected chi connectivity index (χ4v) is 2.94. The summed E-state index contributed by atoms with van der Waals surface area (Å²) in [6, 6.07) is 3.65. The Balaban J connectivity index is 1.88. The largest absolute Gasteiger partial charge is 0.487 e. The molecule has 0 N–H and O–H groups in total. The fraction of sp³-hybridized carbons (Fsp3) is 0.438. The normalized spacial score (nSPS) is 17.8. The van der Waals surface area contributed by atoms with Gasteiger partial charge in [-0.2, -0.15) is 0 Å². The van der Waals surface area contributed by atoms with Crippen molar-refractivity contribution in [1.82, 2.24) is 0 Å². The van der Waals surface area contributed by atoms with Crippen molar-refractivity contribution in [2.45, 2.75) is 25.9 Å². The number of benzene rings is 1. The summed E-state index contributed by atoms with van der Waals surface area (Å²) in [6.07, 6.45) is 3.60. The molecular weight excluding hydrogens is 352 g/mol. The molecule has 22 heavy (non-hydrogen) atoms. The highest BCUT2D eigenvalue weighted by Gasteiger charge is 2.21. The van der Waals surface area contributed by atoms with Gasteiger partial charge in [0.1, 0.15) is 18.4 Å². The summed E-state index contributed by atoms with van der Waals surface area (Å²) in [5.41, 5.74) is 0.948. The van der Waals surface area contributed by atoms with E-state index < -0.39 is 5.97 Å². The Morgan fingerprint density at radius 2 is 2.32 bits per heavy atom. The molecule has 3 rings (SSSR count). The van der Waals surface area contributed by atoms with Crippen LogP contribution in [0.25, 0.3) is 11.0 Å². The van der Waals surface area contributed by atoms with Gasteiger partial charge in [-0.15, -0.1) is 0 Å². The molecule has 1 atom stereocenters. The summed E-state index contributed by atoms with van der Waals surface area (Å²) in [5, 5.41) is 0.676. The van der Waals surface area contributed by atoms with Crippen LogP contribution in [0.15, 0.2) is 27.3 Å². The monoisotopic (exact) mass is 368 g/mol. The third-order valence-corrected chi connectivity index (χ3v) is 4.01. The highest BCUT2D eigenvalue weighted by molar-refractivity contribution is 9.10. The fourth-order valence-electron chi connectivity index (χ4n) is 2.50. The van der Waals surface area contributed by atoms with Crippen molar-refractivity contribution in [3.05, 3.63) is 28.4 Å². The second-order valence-corrected chi connectivity index (χ2v) is 6.01. The van der Waals surface area contributed by atoms with E-state index in [0.717, 1.165) is 23.9 Å². The van der Waals surface area contributed by atoms with E-state index in [1.54, 1.807) is 6.92 Å². The molecule has 0 saturated carbocycles. The molecule has 2 heterocycles. The Hall–Kier alpha value is -1.53. The third kappa shape index (κ3) is 3.13. The molecule has 1 unspecified atom stereocenters. The molecule has 1 aliphatic rings. The van der Waals surface area contributed by atoms with Gasteiger partial charge in [0.05, 0.1) is 12.7 Å². The van der Waals surface area contributed by atoms with Crippen molar-refractivity contribution >= 4 is 32.9 Å². The average Bonchev–Trinajstić information content (AvgIpc) is 3.14. The molecule has 1 aromatic carbocycles. The van der Waals surface area contributed by atoms with E-state index in [4.69, 9.17) is 18.6 Å². The summed E-state index contributed by atoms with van der Waals surface area (Å²) >= 11 is 3.44. The molecule has 0 radical (unpaired) electrons. The summed E-state index contributed by atoms with van der Waals surface area (Å²) in [6.45, 7) is 3.35. The molecule has 0 bridgehead atoms. The van der Waals surface area contributed by atoms with E-state index >= 15 is 0 Å². The van der Waals surface area contributed by atoms with Gasteiger partial charge in [0.15, 0.2) is 11.3 Å². The Bertz CT molecular complexity index is 672. The molecule has 0 amide bonds. The third-order valence-electron chi connectivity index (χ3n) is 3.55. The molecule has 0 spiro atoms. The first-order chi connectivity index (χ1) is 10.7. The molecule has 5 nitrogen and oxygen atoms in total. The van der Waals surface area contributed by atoms with Gasteiger partial charge in [-0.25, -0.2) is 4.79 Å². The standard InChI is InChI=1S/C16H17BrO5/c1-2-19-16(18)13-9-22-15-12(13)6-10(17)7-14(15)21-8-11-4-3-5-20-11/h6-7,9,11H,2-5,8H2,1H3. The van der Waals surface area contributed by atoms with Crippen LogP contribution < -0.4 is 4.74 Å². The zero-order chi connectivity index (χ0) is 15.5. The number of furan rings is 1. The molecule has 1 saturated heterocycles. The van der Waals surface area contributed by atoms with Crippen LogP contribution in [0.3, 0.4) is 0 Å². The predicted octanol–water partition coefficient (Wildman–Crippen LogP) is 3.93. The lowest BCUT2D eigenvalue weighted by molar-refractivity contribution is 0.0527. The highest BCUT2D eigenvalue weighted by atomic mass is 79.9. The first-order valence-electron chi connectivity index (χ1n) is 7.31. The molecule has 0 aliphatic carbocycles. The molecule has 1 aliphatic heterocycles. The first-order valence-corrected chi connectivity index (χ1v) is 8.10. The van der Waals surface area contributed by atoms with Crippen LogP contribution in [-0.2, 0) is 9.47 Å². The number of carbonyl (C=O) groups is 1. The van der Waals surface area contributed by atoms with Crippen molar-refractivity contribution in [1.29, 1.82) is 0 Å². The predicted molar refractivity (Wildman–Crippen MR) is 84.3 cm³/mol. The van der Waals surface area contributed by atoms with Gasteiger partial charge in [0, 0.05) is 16.5 Å². The van der Waals surface area contributed by atoms with E-state index in [1.807, 2.05) is 12.1 Å². The van der Waals surface area contributed by atoms with Crippen molar-refractivity contribution < 1.29 is 23.4 Å². The Kier molecular flexibility index (Phi) is 4.69. The lowest BCUT2D eigenvalue weighted by Gasteiger charge is -2.12. The SMILES string of the molecule is CCOC(=O)c1coc2c(OCC3CCCO3)cc(Br)cc12. The van der Waals surface area contributed by atoms with Crippen molar-refractivity contribution in [2.75, 3.05) is 19.8 Å². The van der Waals surface area contributed by atoms with Crippen molar-refractivity contribution in [3.8, 4) is 5.75 Å². The molecule has 1 fully saturated rings. The van der Waals surface area contributed by atoms with Crippen molar-refractivity contribution in [3.63, 3.8) is 0 Å². The van der Waals surface area contributed by atoms with Gasteiger partial charge < -0.3 is 18.6 Å². The Labute approximate surface area is 136 Å². The van der Waals surface area contributed by atoms with E-state index in [2.05, 4.69) is 15.9 Å². The van der Waals surface area contributed by atoms with Crippen LogP contribution in [0.5, 0.6) is 5.75 Å². The van der Waals surface area contributed by atoms with Gasteiger partial charge in [-0.3, -0.25) is 0 Å². The molecule has 2 aromatic rings. The lowest BCUT2D eigenvalue weighted by atomic mass is 10.1. The molecule has 118 valence electrons. The molecule has 6 heteroatoms. The van der Waals surface area contributed by atoms with Crippen LogP contribution in [0.4, 0.5) is 0 Å². The quantitative estimate of drug-likeness (QED) is 0.748. The second-order valence-electron chi connectivity index (χ2n) is 5.10. The van der Waals surface area contributed by atoms with Crippen LogP contribution in [-0.4, -0.2) is 31.9 Å². The van der Waals surface area contributed by atoms with Crippen LogP contribution in [0.1, 0.15) is 30.1 Å². The maximum Gasteiger partial charge on any atom is 0.342 e. The minimum atomic E-state index is -0.399. The topological polar surface area (TPSA) is 57.9 Å². The molecule has 1 aromatic heterocycles. The summed E-state index contributed by atoms with van der Waals surface area (Å²) in [7, 11) is 0. The smallest absolute Gasteiger partial charge is 0.342 e. The Morgan fingerprint density at radius 3 is 3.05 bits per heavy atom. The number of halogens is 1. The first kappa shape index (κ1) is 15.4. The highest BCUT2D eigenvalue weighted by Crippen LogP contribution is 2.34. The van der Waals surface area contributed by atoms with Gasteiger partial charge in [0.2, 0.25) is 0 Å². The number of esters is 1.